The van der Waals surface area contributed by atoms with E-state index < -0.39 is 17.6 Å². The van der Waals surface area contributed by atoms with Gasteiger partial charge in [-0.15, -0.1) is 11.3 Å². The van der Waals surface area contributed by atoms with Crippen LogP contribution in [-0.4, -0.2) is 10.9 Å². The van der Waals surface area contributed by atoms with Gasteiger partial charge in [0, 0.05) is 5.56 Å². The molecule has 0 saturated carbocycles. The van der Waals surface area contributed by atoms with Crippen molar-refractivity contribution >= 4 is 34.5 Å². The van der Waals surface area contributed by atoms with Gasteiger partial charge in [-0.05, 0) is 18.2 Å². The molecule has 0 saturated heterocycles. The Morgan fingerprint density at radius 3 is 2.50 bits per heavy atom. The van der Waals surface area contributed by atoms with Crippen molar-refractivity contribution in [3.8, 4) is 10.6 Å². The number of nitrogens with one attached hydrogen (secondary N) is 2. The van der Waals surface area contributed by atoms with Crippen LogP contribution in [0.25, 0.3) is 10.6 Å². The summed E-state index contributed by atoms with van der Waals surface area (Å²) in [5.41, 5.74) is 4.12. The Hall–Kier alpha value is -2.58. The van der Waals surface area contributed by atoms with Crippen molar-refractivity contribution in [2.45, 2.75) is 6.18 Å². The van der Waals surface area contributed by atoms with Crippen LogP contribution in [0.5, 0.6) is 0 Å². The SMILES string of the molecule is O=C(NNc1ccccc1C(F)(F)F)c1cnc(-c2ccccc2Cl)s1. The van der Waals surface area contributed by atoms with Gasteiger partial charge in [-0.25, -0.2) is 4.98 Å². The molecule has 0 aliphatic rings. The lowest BCUT2D eigenvalue weighted by molar-refractivity contribution is -0.137. The summed E-state index contributed by atoms with van der Waals surface area (Å²) in [5, 5.41) is 1.03. The molecule has 3 rings (SSSR count). The molecule has 26 heavy (non-hydrogen) atoms. The highest BCUT2D eigenvalue weighted by molar-refractivity contribution is 7.17. The molecule has 0 atom stereocenters. The van der Waals surface area contributed by atoms with Crippen LogP contribution < -0.4 is 10.9 Å². The van der Waals surface area contributed by atoms with Crippen LogP contribution in [0.1, 0.15) is 15.2 Å². The quantitative estimate of drug-likeness (QED) is 0.592. The number of aromatic nitrogens is 1. The van der Waals surface area contributed by atoms with Crippen LogP contribution in [0.2, 0.25) is 5.02 Å². The normalized spacial score (nSPS) is 11.2. The van der Waals surface area contributed by atoms with Crippen molar-refractivity contribution in [1.29, 1.82) is 0 Å². The van der Waals surface area contributed by atoms with Crippen molar-refractivity contribution < 1.29 is 18.0 Å². The molecule has 0 aliphatic heterocycles. The topological polar surface area (TPSA) is 54.0 Å². The Kier molecular flexibility index (Phi) is 5.15. The first kappa shape index (κ1) is 18.2. The van der Waals surface area contributed by atoms with Gasteiger partial charge in [0.1, 0.15) is 9.88 Å². The first-order valence-electron chi connectivity index (χ1n) is 7.29. The second kappa shape index (κ2) is 7.35. The van der Waals surface area contributed by atoms with E-state index in [1.165, 1.54) is 24.4 Å². The van der Waals surface area contributed by atoms with E-state index in [9.17, 15) is 18.0 Å². The minimum absolute atomic E-state index is 0.233. The van der Waals surface area contributed by atoms with E-state index in [-0.39, 0.29) is 10.6 Å². The fraction of sp³-hybridized carbons (Fsp3) is 0.0588. The number of nitrogens with zero attached hydrogens (tertiary/aromatic N) is 1. The number of carbonyl (C=O) groups excluding carboxylic acids is 1. The van der Waals surface area contributed by atoms with Crippen molar-refractivity contribution in [2.24, 2.45) is 0 Å². The summed E-state index contributed by atoms with van der Waals surface area (Å²) in [6, 6.07) is 11.9. The van der Waals surface area contributed by atoms with Gasteiger partial charge in [0.15, 0.2) is 0 Å². The molecular weight excluding hydrogens is 387 g/mol. The Labute approximate surface area is 155 Å². The van der Waals surface area contributed by atoms with Gasteiger partial charge >= 0.3 is 6.18 Å². The van der Waals surface area contributed by atoms with E-state index in [1.54, 1.807) is 24.3 Å². The molecular formula is C17H11ClF3N3OS. The van der Waals surface area contributed by atoms with Gasteiger partial charge < -0.3 is 0 Å². The summed E-state index contributed by atoms with van der Waals surface area (Å²) in [7, 11) is 0. The van der Waals surface area contributed by atoms with Crippen LogP contribution in [-0.2, 0) is 6.18 Å². The van der Waals surface area contributed by atoms with Gasteiger partial charge in [-0.2, -0.15) is 13.2 Å². The Morgan fingerprint density at radius 2 is 1.77 bits per heavy atom. The molecule has 4 nitrogen and oxygen atoms in total. The molecule has 1 amide bonds. The second-order valence-corrected chi connectivity index (χ2v) is 6.57. The van der Waals surface area contributed by atoms with Crippen molar-refractivity contribution in [1.82, 2.24) is 10.4 Å². The number of halogens is 4. The maximum Gasteiger partial charge on any atom is 0.418 e. The highest BCUT2D eigenvalue weighted by atomic mass is 35.5. The first-order chi connectivity index (χ1) is 12.4. The standard InChI is InChI=1S/C17H11ClF3N3OS/c18-12-7-3-1-5-10(12)16-22-9-14(26-16)15(25)24-23-13-8-4-2-6-11(13)17(19,20)21/h1-9,23H,(H,24,25). The molecule has 1 heterocycles. The summed E-state index contributed by atoms with van der Waals surface area (Å²) < 4.78 is 38.9. The third-order valence-electron chi connectivity index (χ3n) is 3.38. The molecule has 0 fully saturated rings. The number of hydrazine groups is 1. The molecule has 0 unspecified atom stereocenters. The number of benzene rings is 2. The fourth-order valence-corrected chi connectivity index (χ4v) is 3.30. The lowest BCUT2D eigenvalue weighted by atomic mass is 10.2. The largest absolute Gasteiger partial charge is 0.418 e. The van der Waals surface area contributed by atoms with Crippen molar-refractivity contribution in [2.75, 3.05) is 5.43 Å². The van der Waals surface area contributed by atoms with E-state index >= 15 is 0 Å². The molecule has 1 aromatic heterocycles. The second-order valence-electron chi connectivity index (χ2n) is 5.13. The van der Waals surface area contributed by atoms with Gasteiger partial charge in [-0.3, -0.25) is 15.6 Å². The predicted octanol–water partition coefficient (Wildman–Crippen LogP) is 5.24. The molecule has 0 aliphatic carbocycles. The third-order valence-corrected chi connectivity index (χ3v) is 4.74. The van der Waals surface area contributed by atoms with Gasteiger partial charge in [0.2, 0.25) is 0 Å². The summed E-state index contributed by atoms with van der Waals surface area (Å²) in [6.07, 6.45) is -3.19. The van der Waals surface area contributed by atoms with Crippen molar-refractivity contribution in [3.63, 3.8) is 0 Å². The molecule has 0 spiro atoms. The number of carbonyl (C=O) groups is 1. The molecule has 0 radical (unpaired) electrons. The average molecular weight is 398 g/mol. The highest BCUT2D eigenvalue weighted by Gasteiger charge is 2.33. The van der Waals surface area contributed by atoms with E-state index in [4.69, 9.17) is 11.6 Å². The maximum absolute atomic E-state index is 13.0. The summed E-state index contributed by atoms with van der Waals surface area (Å²) in [6.45, 7) is 0. The van der Waals surface area contributed by atoms with E-state index in [0.717, 1.165) is 17.4 Å². The molecule has 2 aromatic carbocycles. The Balaban J connectivity index is 1.74. The summed E-state index contributed by atoms with van der Waals surface area (Å²) in [5.74, 6) is -0.599. The van der Waals surface area contributed by atoms with Crippen LogP contribution in [0.3, 0.4) is 0 Å². The zero-order chi connectivity index (χ0) is 18.7. The zero-order valence-corrected chi connectivity index (χ0v) is 14.5. The minimum Gasteiger partial charge on any atom is -0.298 e. The lowest BCUT2D eigenvalue weighted by Crippen LogP contribution is -2.29. The number of hydrogen-bond acceptors (Lipinski definition) is 4. The zero-order valence-electron chi connectivity index (χ0n) is 13.0. The third kappa shape index (κ3) is 3.97. The number of alkyl halides is 3. The number of rotatable bonds is 4. The van der Waals surface area contributed by atoms with E-state index in [1.807, 2.05) is 0 Å². The monoisotopic (exact) mass is 397 g/mol. The molecule has 134 valence electrons. The van der Waals surface area contributed by atoms with E-state index in [2.05, 4.69) is 15.8 Å². The predicted molar refractivity (Wildman–Crippen MR) is 95.1 cm³/mol. The smallest absolute Gasteiger partial charge is 0.298 e. The van der Waals surface area contributed by atoms with Gasteiger partial charge in [0.05, 0.1) is 22.5 Å². The molecule has 3 aromatic rings. The highest BCUT2D eigenvalue weighted by Crippen LogP contribution is 2.34. The number of amides is 1. The van der Waals surface area contributed by atoms with Gasteiger partial charge in [-0.1, -0.05) is 41.9 Å². The number of para-hydroxylation sites is 1. The average Bonchev–Trinajstić information content (AvgIpc) is 3.09. The summed E-state index contributed by atoms with van der Waals surface area (Å²) >= 11 is 7.18. The van der Waals surface area contributed by atoms with Crippen LogP contribution in [0, 0.1) is 0 Å². The molecule has 0 bridgehead atoms. The minimum atomic E-state index is -4.53. The first-order valence-corrected chi connectivity index (χ1v) is 8.49. The van der Waals surface area contributed by atoms with Crippen molar-refractivity contribution in [3.05, 3.63) is 70.2 Å². The molecule has 9 heteroatoms. The van der Waals surface area contributed by atoms with Gasteiger partial charge in [0.25, 0.3) is 5.91 Å². The number of thiazole rings is 1. The lowest BCUT2D eigenvalue weighted by Gasteiger charge is -2.14. The number of anilines is 1. The van der Waals surface area contributed by atoms with Crippen LogP contribution >= 0.6 is 22.9 Å². The van der Waals surface area contributed by atoms with E-state index in [0.29, 0.717) is 15.6 Å². The fourth-order valence-electron chi connectivity index (χ4n) is 2.16. The Morgan fingerprint density at radius 1 is 1.08 bits per heavy atom. The Bertz CT molecular complexity index is 943. The molecule has 2 N–H and O–H groups in total. The summed E-state index contributed by atoms with van der Waals surface area (Å²) in [4.78, 5) is 16.6. The van der Waals surface area contributed by atoms with Crippen LogP contribution in [0.15, 0.2) is 54.7 Å². The van der Waals surface area contributed by atoms with Crippen LogP contribution in [0.4, 0.5) is 18.9 Å². The number of hydrogen-bond donors (Lipinski definition) is 2. The maximum atomic E-state index is 13.0.